The second kappa shape index (κ2) is 6.23. The van der Waals surface area contributed by atoms with Crippen molar-refractivity contribution in [2.45, 2.75) is 26.8 Å². The summed E-state index contributed by atoms with van der Waals surface area (Å²) in [5, 5.41) is 0. The van der Waals surface area contributed by atoms with E-state index in [0.717, 1.165) is 42.3 Å². The average Bonchev–Trinajstić information content (AvgIpc) is 2.39. The van der Waals surface area contributed by atoms with E-state index in [4.69, 9.17) is 5.73 Å². The Morgan fingerprint density at radius 2 is 1.89 bits per heavy atom. The minimum Gasteiger partial charge on any atom is -0.397 e. The van der Waals surface area contributed by atoms with Crippen LogP contribution in [0.2, 0.25) is 0 Å². The van der Waals surface area contributed by atoms with Crippen LogP contribution < -0.4 is 10.6 Å². The second-order valence-corrected chi connectivity index (χ2v) is 4.75. The zero-order valence-electron chi connectivity index (χ0n) is 11.6. The molecule has 3 heteroatoms. The molecule has 100 valence electrons. The van der Waals surface area contributed by atoms with Gasteiger partial charge in [0.2, 0.25) is 0 Å². The smallest absolute Gasteiger partial charge is 0.0603 e. The molecule has 0 bridgehead atoms. The quantitative estimate of drug-likeness (QED) is 0.833. The molecular formula is C16H21N3. The number of nitrogens with two attached hydrogens (primary N) is 1. The molecule has 0 radical (unpaired) electrons. The maximum atomic E-state index is 6.07. The molecule has 0 saturated heterocycles. The summed E-state index contributed by atoms with van der Waals surface area (Å²) in [5.74, 6) is 0. The summed E-state index contributed by atoms with van der Waals surface area (Å²) in [6.07, 6.45) is 1.08. The third-order valence-electron chi connectivity index (χ3n) is 3.07. The summed E-state index contributed by atoms with van der Waals surface area (Å²) in [7, 11) is 0. The number of nitrogen functional groups attached to an aromatic ring is 1. The Balaban J connectivity index is 2.24. The van der Waals surface area contributed by atoms with Crippen LogP contribution in [0.5, 0.6) is 0 Å². The van der Waals surface area contributed by atoms with Crippen LogP contribution in [0, 0.1) is 6.92 Å². The Bertz CT molecular complexity index is 537. The van der Waals surface area contributed by atoms with Crippen molar-refractivity contribution in [2.75, 3.05) is 17.2 Å². The number of aromatic nitrogens is 1. The Hall–Kier alpha value is -2.03. The van der Waals surface area contributed by atoms with Crippen LogP contribution in [-0.2, 0) is 6.54 Å². The van der Waals surface area contributed by atoms with E-state index in [2.05, 4.69) is 35.0 Å². The molecule has 0 aliphatic carbocycles. The molecule has 2 rings (SSSR count). The molecule has 1 heterocycles. The molecule has 0 unspecified atom stereocenters. The predicted octanol–water partition coefficient (Wildman–Crippen LogP) is 3.39. The number of benzene rings is 1. The lowest BCUT2D eigenvalue weighted by Crippen LogP contribution is -2.25. The molecule has 1 aromatic carbocycles. The van der Waals surface area contributed by atoms with Crippen molar-refractivity contribution in [1.29, 1.82) is 0 Å². The van der Waals surface area contributed by atoms with Crippen molar-refractivity contribution in [3.63, 3.8) is 0 Å². The highest BCUT2D eigenvalue weighted by Crippen LogP contribution is 2.24. The average molecular weight is 255 g/mol. The van der Waals surface area contributed by atoms with Crippen LogP contribution in [0.1, 0.15) is 24.7 Å². The van der Waals surface area contributed by atoms with Gasteiger partial charge in [-0.15, -0.1) is 0 Å². The van der Waals surface area contributed by atoms with Crippen LogP contribution in [0.25, 0.3) is 0 Å². The van der Waals surface area contributed by atoms with Gasteiger partial charge in [-0.1, -0.05) is 25.1 Å². The van der Waals surface area contributed by atoms with Gasteiger partial charge in [0, 0.05) is 12.2 Å². The third-order valence-corrected chi connectivity index (χ3v) is 3.07. The highest BCUT2D eigenvalue weighted by molar-refractivity contribution is 5.67. The third kappa shape index (κ3) is 3.47. The summed E-state index contributed by atoms with van der Waals surface area (Å²) < 4.78 is 0. The lowest BCUT2D eigenvalue weighted by atomic mass is 10.2. The summed E-state index contributed by atoms with van der Waals surface area (Å²) in [6.45, 7) is 5.97. The minimum absolute atomic E-state index is 0.795. The normalized spacial score (nSPS) is 10.4. The summed E-state index contributed by atoms with van der Waals surface area (Å²) in [5.41, 5.74) is 10.1. The lowest BCUT2D eigenvalue weighted by Gasteiger charge is -2.25. The minimum atomic E-state index is 0.795. The second-order valence-electron chi connectivity index (χ2n) is 4.75. The Morgan fingerprint density at radius 3 is 2.58 bits per heavy atom. The highest BCUT2D eigenvalue weighted by Gasteiger charge is 2.10. The number of pyridine rings is 1. The van der Waals surface area contributed by atoms with Gasteiger partial charge in [0.25, 0.3) is 0 Å². The number of hydrogen-bond donors (Lipinski definition) is 1. The van der Waals surface area contributed by atoms with Gasteiger partial charge < -0.3 is 10.6 Å². The Kier molecular flexibility index (Phi) is 4.39. The molecule has 0 fully saturated rings. The molecular weight excluding hydrogens is 234 g/mol. The van der Waals surface area contributed by atoms with Crippen molar-refractivity contribution in [3.05, 3.63) is 53.9 Å². The number of nitrogens with zero attached hydrogens (tertiary/aromatic N) is 2. The Morgan fingerprint density at radius 1 is 1.11 bits per heavy atom. The lowest BCUT2D eigenvalue weighted by molar-refractivity contribution is 0.753. The van der Waals surface area contributed by atoms with Crippen molar-refractivity contribution in [1.82, 2.24) is 4.98 Å². The van der Waals surface area contributed by atoms with E-state index in [1.807, 2.05) is 31.2 Å². The van der Waals surface area contributed by atoms with E-state index in [0.29, 0.717) is 0 Å². The van der Waals surface area contributed by atoms with E-state index in [-0.39, 0.29) is 0 Å². The SMILES string of the molecule is CCCN(Cc1cccc(C)n1)c1ccccc1N. The van der Waals surface area contributed by atoms with E-state index in [1.54, 1.807) is 0 Å². The first-order chi connectivity index (χ1) is 9.20. The molecule has 1 aromatic heterocycles. The summed E-state index contributed by atoms with van der Waals surface area (Å²) >= 11 is 0. The first-order valence-corrected chi connectivity index (χ1v) is 6.72. The van der Waals surface area contributed by atoms with Gasteiger partial charge in [0.05, 0.1) is 23.6 Å². The molecule has 0 spiro atoms. The fourth-order valence-electron chi connectivity index (χ4n) is 2.21. The van der Waals surface area contributed by atoms with Gasteiger partial charge in [-0.2, -0.15) is 0 Å². The standard InChI is InChI=1S/C16H21N3/c1-3-11-19(16-10-5-4-9-15(16)17)12-14-8-6-7-13(2)18-14/h4-10H,3,11-12,17H2,1-2H3. The van der Waals surface area contributed by atoms with Gasteiger partial charge in [-0.05, 0) is 37.6 Å². The number of rotatable bonds is 5. The van der Waals surface area contributed by atoms with Gasteiger partial charge in [0.15, 0.2) is 0 Å². The van der Waals surface area contributed by atoms with Crippen LogP contribution in [0.3, 0.4) is 0 Å². The number of para-hydroxylation sites is 2. The monoisotopic (exact) mass is 255 g/mol. The topological polar surface area (TPSA) is 42.2 Å². The zero-order valence-corrected chi connectivity index (χ0v) is 11.6. The summed E-state index contributed by atoms with van der Waals surface area (Å²) in [4.78, 5) is 6.86. The maximum absolute atomic E-state index is 6.07. The fraction of sp³-hybridized carbons (Fsp3) is 0.312. The van der Waals surface area contributed by atoms with E-state index < -0.39 is 0 Å². The first kappa shape index (κ1) is 13.4. The molecule has 0 saturated carbocycles. The van der Waals surface area contributed by atoms with Gasteiger partial charge >= 0.3 is 0 Å². The fourth-order valence-corrected chi connectivity index (χ4v) is 2.21. The van der Waals surface area contributed by atoms with Crippen molar-refractivity contribution in [3.8, 4) is 0 Å². The van der Waals surface area contributed by atoms with Crippen molar-refractivity contribution < 1.29 is 0 Å². The molecule has 3 nitrogen and oxygen atoms in total. The molecule has 19 heavy (non-hydrogen) atoms. The van der Waals surface area contributed by atoms with E-state index in [1.165, 1.54) is 0 Å². The molecule has 0 aliphatic heterocycles. The molecule has 2 N–H and O–H groups in total. The molecule has 0 atom stereocenters. The van der Waals surface area contributed by atoms with Crippen LogP contribution >= 0.6 is 0 Å². The van der Waals surface area contributed by atoms with Gasteiger partial charge in [-0.25, -0.2) is 0 Å². The largest absolute Gasteiger partial charge is 0.397 e. The van der Waals surface area contributed by atoms with Crippen LogP contribution in [0.15, 0.2) is 42.5 Å². The Labute approximate surface area is 115 Å². The molecule has 2 aromatic rings. The van der Waals surface area contributed by atoms with Gasteiger partial charge in [-0.3, -0.25) is 4.98 Å². The molecule has 0 aliphatic rings. The predicted molar refractivity (Wildman–Crippen MR) is 81.2 cm³/mol. The maximum Gasteiger partial charge on any atom is 0.0603 e. The highest BCUT2D eigenvalue weighted by atomic mass is 15.1. The number of aryl methyl sites for hydroxylation is 1. The first-order valence-electron chi connectivity index (χ1n) is 6.72. The van der Waals surface area contributed by atoms with E-state index in [9.17, 15) is 0 Å². The summed E-state index contributed by atoms with van der Waals surface area (Å²) in [6, 6.07) is 14.1. The zero-order chi connectivity index (χ0) is 13.7. The number of anilines is 2. The van der Waals surface area contributed by atoms with E-state index >= 15 is 0 Å². The number of hydrogen-bond acceptors (Lipinski definition) is 3. The molecule has 0 amide bonds. The van der Waals surface area contributed by atoms with Crippen LogP contribution in [-0.4, -0.2) is 11.5 Å². The van der Waals surface area contributed by atoms with Crippen molar-refractivity contribution >= 4 is 11.4 Å². The van der Waals surface area contributed by atoms with Crippen molar-refractivity contribution in [2.24, 2.45) is 0 Å². The van der Waals surface area contributed by atoms with Crippen LogP contribution in [0.4, 0.5) is 11.4 Å². The van der Waals surface area contributed by atoms with Gasteiger partial charge in [0.1, 0.15) is 0 Å².